The van der Waals surface area contributed by atoms with E-state index < -0.39 is 5.60 Å². The lowest BCUT2D eigenvalue weighted by atomic mass is 9.91. The molecule has 1 saturated heterocycles. The minimum absolute atomic E-state index is 0.0823. The van der Waals surface area contributed by atoms with E-state index in [4.69, 9.17) is 6.42 Å². The molecule has 0 spiro atoms. The van der Waals surface area contributed by atoms with Crippen molar-refractivity contribution in [1.82, 2.24) is 10.2 Å². The van der Waals surface area contributed by atoms with Crippen LogP contribution in [0.2, 0.25) is 0 Å². The van der Waals surface area contributed by atoms with Crippen LogP contribution in [0, 0.1) is 12.3 Å². The van der Waals surface area contributed by atoms with Crippen molar-refractivity contribution in [3.05, 3.63) is 0 Å². The molecule has 0 aromatic carbocycles. The first-order chi connectivity index (χ1) is 6.59. The Labute approximate surface area is 84.3 Å². The van der Waals surface area contributed by atoms with Crippen LogP contribution in [0.3, 0.4) is 0 Å². The quantitative estimate of drug-likeness (QED) is 0.578. The SMILES string of the molecule is C#CCNC(=O)CN1CC(O)(CC)C1. The largest absolute Gasteiger partial charge is 0.387 e. The Balaban J connectivity index is 2.17. The van der Waals surface area contributed by atoms with Crippen LogP contribution in [0.25, 0.3) is 0 Å². The summed E-state index contributed by atoms with van der Waals surface area (Å²) in [6, 6.07) is 0. The van der Waals surface area contributed by atoms with E-state index >= 15 is 0 Å². The predicted molar refractivity (Wildman–Crippen MR) is 53.5 cm³/mol. The van der Waals surface area contributed by atoms with Gasteiger partial charge in [-0.2, -0.15) is 0 Å². The van der Waals surface area contributed by atoms with Crippen LogP contribution in [-0.2, 0) is 4.79 Å². The summed E-state index contributed by atoms with van der Waals surface area (Å²) in [6.45, 7) is 3.68. The molecule has 0 aromatic heterocycles. The molecule has 0 radical (unpaired) electrons. The van der Waals surface area contributed by atoms with E-state index in [0.717, 1.165) is 6.42 Å². The molecule has 1 fully saturated rings. The minimum atomic E-state index is -0.577. The molecule has 0 aromatic rings. The summed E-state index contributed by atoms with van der Waals surface area (Å²) in [4.78, 5) is 13.1. The molecule has 14 heavy (non-hydrogen) atoms. The van der Waals surface area contributed by atoms with Gasteiger partial charge in [0.25, 0.3) is 0 Å². The Morgan fingerprint density at radius 1 is 1.71 bits per heavy atom. The number of β-amino-alcohol motifs (C(OH)–C–C–N with tert-alkyl or cyclic N) is 1. The maximum absolute atomic E-state index is 11.2. The van der Waals surface area contributed by atoms with Crippen molar-refractivity contribution in [2.75, 3.05) is 26.2 Å². The highest BCUT2D eigenvalue weighted by atomic mass is 16.3. The highest BCUT2D eigenvalue weighted by Gasteiger charge is 2.39. The summed E-state index contributed by atoms with van der Waals surface area (Å²) in [5, 5.41) is 12.3. The maximum atomic E-state index is 11.2. The van der Waals surface area contributed by atoms with Gasteiger partial charge in [0, 0.05) is 13.1 Å². The Morgan fingerprint density at radius 3 is 2.86 bits per heavy atom. The van der Waals surface area contributed by atoms with Gasteiger partial charge in [-0.25, -0.2) is 0 Å². The lowest BCUT2D eigenvalue weighted by molar-refractivity contribution is -0.132. The summed E-state index contributed by atoms with van der Waals surface area (Å²) >= 11 is 0. The number of amides is 1. The zero-order valence-corrected chi connectivity index (χ0v) is 8.42. The Morgan fingerprint density at radius 2 is 2.36 bits per heavy atom. The molecule has 4 heteroatoms. The van der Waals surface area contributed by atoms with Crippen molar-refractivity contribution in [2.24, 2.45) is 0 Å². The van der Waals surface area contributed by atoms with Crippen molar-refractivity contribution in [3.63, 3.8) is 0 Å². The summed E-state index contributed by atoms with van der Waals surface area (Å²) < 4.78 is 0. The van der Waals surface area contributed by atoms with Crippen molar-refractivity contribution < 1.29 is 9.90 Å². The second-order valence-corrected chi connectivity index (χ2v) is 3.70. The van der Waals surface area contributed by atoms with E-state index in [-0.39, 0.29) is 12.5 Å². The number of likely N-dealkylation sites (tertiary alicyclic amines) is 1. The predicted octanol–water partition coefficient (Wildman–Crippen LogP) is -0.807. The molecule has 0 atom stereocenters. The maximum Gasteiger partial charge on any atom is 0.234 e. The normalized spacial score (nSPS) is 19.5. The first-order valence-electron chi connectivity index (χ1n) is 4.74. The van der Waals surface area contributed by atoms with E-state index in [9.17, 15) is 9.90 Å². The van der Waals surface area contributed by atoms with Crippen molar-refractivity contribution in [2.45, 2.75) is 18.9 Å². The molecule has 4 nitrogen and oxygen atoms in total. The van der Waals surface area contributed by atoms with Gasteiger partial charge in [-0.1, -0.05) is 12.8 Å². The average Bonchev–Trinajstić information content (AvgIpc) is 2.12. The number of nitrogens with zero attached hydrogens (tertiary/aromatic N) is 1. The van der Waals surface area contributed by atoms with Gasteiger partial charge in [0.2, 0.25) is 5.91 Å². The molecule has 1 rings (SSSR count). The van der Waals surface area contributed by atoms with Gasteiger partial charge in [-0.3, -0.25) is 9.69 Å². The fourth-order valence-corrected chi connectivity index (χ4v) is 1.53. The number of nitrogens with one attached hydrogen (secondary N) is 1. The molecule has 0 saturated carbocycles. The molecule has 0 bridgehead atoms. The second kappa shape index (κ2) is 4.45. The molecule has 1 heterocycles. The van der Waals surface area contributed by atoms with Gasteiger partial charge in [0.05, 0.1) is 18.7 Å². The summed E-state index contributed by atoms with van der Waals surface area (Å²) in [5.74, 6) is 2.25. The number of rotatable bonds is 4. The number of hydrogen-bond donors (Lipinski definition) is 2. The van der Waals surface area contributed by atoms with Crippen molar-refractivity contribution in [1.29, 1.82) is 0 Å². The molecule has 0 aliphatic carbocycles. The van der Waals surface area contributed by atoms with Crippen LogP contribution in [0.1, 0.15) is 13.3 Å². The number of hydrogen-bond acceptors (Lipinski definition) is 3. The Hall–Kier alpha value is -1.05. The Kier molecular flexibility index (Phi) is 3.50. The van der Waals surface area contributed by atoms with E-state index in [2.05, 4.69) is 11.2 Å². The third-order valence-electron chi connectivity index (χ3n) is 2.45. The van der Waals surface area contributed by atoms with Gasteiger partial charge in [-0.05, 0) is 6.42 Å². The zero-order valence-electron chi connectivity index (χ0n) is 8.42. The smallest absolute Gasteiger partial charge is 0.234 e. The van der Waals surface area contributed by atoms with Gasteiger partial charge >= 0.3 is 0 Å². The molecule has 78 valence electrons. The van der Waals surface area contributed by atoms with E-state index in [1.807, 2.05) is 11.8 Å². The van der Waals surface area contributed by atoms with Crippen molar-refractivity contribution >= 4 is 5.91 Å². The highest BCUT2D eigenvalue weighted by molar-refractivity contribution is 5.78. The molecule has 1 aliphatic rings. The average molecular weight is 196 g/mol. The van der Waals surface area contributed by atoms with E-state index in [0.29, 0.717) is 19.6 Å². The van der Waals surface area contributed by atoms with Gasteiger partial charge in [-0.15, -0.1) is 6.42 Å². The molecule has 1 amide bonds. The van der Waals surface area contributed by atoms with Crippen LogP contribution in [0.5, 0.6) is 0 Å². The monoisotopic (exact) mass is 196 g/mol. The lowest BCUT2D eigenvalue weighted by Crippen LogP contribution is -2.62. The molecular weight excluding hydrogens is 180 g/mol. The van der Waals surface area contributed by atoms with Crippen LogP contribution in [-0.4, -0.2) is 47.7 Å². The number of carbonyl (C=O) groups excluding carboxylic acids is 1. The number of carbonyl (C=O) groups is 1. The van der Waals surface area contributed by atoms with Crippen LogP contribution in [0.4, 0.5) is 0 Å². The van der Waals surface area contributed by atoms with Crippen molar-refractivity contribution in [3.8, 4) is 12.3 Å². The fraction of sp³-hybridized carbons (Fsp3) is 0.700. The molecule has 0 unspecified atom stereocenters. The van der Waals surface area contributed by atoms with Crippen LogP contribution in [0.15, 0.2) is 0 Å². The van der Waals surface area contributed by atoms with Gasteiger partial charge < -0.3 is 10.4 Å². The van der Waals surface area contributed by atoms with Gasteiger partial charge in [0.15, 0.2) is 0 Å². The molecular formula is C10H16N2O2. The first-order valence-corrected chi connectivity index (χ1v) is 4.74. The minimum Gasteiger partial charge on any atom is -0.387 e. The topological polar surface area (TPSA) is 52.6 Å². The van der Waals surface area contributed by atoms with Gasteiger partial charge in [0.1, 0.15) is 0 Å². The number of terminal acetylenes is 1. The van der Waals surface area contributed by atoms with Crippen LogP contribution < -0.4 is 5.32 Å². The van der Waals surface area contributed by atoms with E-state index in [1.54, 1.807) is 0 Å². The standard InChI is InChI=1S/C10H16N2O2/c1-3-5-11-9(13)6-12-7-10(14,4-2)8-12/h1,14H,4-8H2,2H3,(H,11,13). The first kappa shape index (κ1) is 11.0. The zero-order chi connectivity index (χ0) is 10.6. The highest BCUT2D eigenvalue weighted by Crippen LogP contribution is 2.23. The Bertz CT molecular complexity index is 251. The fourth-order valence-electron chi connectivity index (χ4n) is 1.53. The third-order valence-corrected chi connectivity index (χ3v) is 2.45. The van der Waals surface area contributed by atoms with Crippen LogP contribution >= 0.6 is 0 Å². The summed E-state index contributed by atoms with van der Waals surface area (Å²) in [6.07, 6.45) is 5.73. The summed E-state index contributed by atoms with van der Waals surface area (Å²) in [5.41, 5.74) is -0.577. The lowest BCUT2D eigenvalue weighted by Gasteiger charge is -2.45. The summed E-state index contributed by atoms with van der Waals surface area (Å²) in [7, 11) is 0. The van der Waals surface area contributed by atoms with E-state index in [1.165, 1.54) is 0 Å². The second-order valence-electron chi connectivity index (χ2n) is 3.70. The molecule has 2 N–H and O–H groups in total. The molecule has 1 aliphatic heterocycles. The third kappa shape index (κ3) is 2.72. The number of aliphatic hydroxyl groups is 1.